The molecule has 4 nitrogen and oxygen atoms in total. The number of hydrogen-bond acceptors (Lipinski definition) is 4. The SMILES string of the molecule is O=C(Cl)c1cccc(OCCCCCCOc2cccc(C(=O)Cl)c2)c1. The first kappa shape index (κ1) is 20.3. The minimum absolute atomic E-state index is 0.432. The molecule has 0 saturated carbocycles. The maximum atomic E-state index is 11.1. The highest BCUT2D eigenvalue weighted by molar-refractivity contribution is 6.68. The highest BCUT2D eigenvalue weighted by Crippen LogP contribution is 2.17. The second-order valence-corrected chi connectivity index (χ2v) is 6.40. The van der Waals surface area contributed by atoms with Crippen LogP contribution >= 0.6 is 23.2 Å². The van der Waals surface area contributed by atoms with Crippen LogP contribution in [0, 0.1) is 0 Å². The number of carbonyl (C=O) groups excluding carboxylic acids is 2. The van der Waals surface area contributed by atoms with Crippen LogP contribution in [0.15, 0.2) is 48.5 Å². The Hall–Kier alpha value is -2.04. The van der Waals surface area contributed by atoms with E-state index in [2.05, 4.69) is 0 Å². The van der Waals surface area contributed by atoms with Crippen molar-refractivity contribution >= 4 is 33.7 Å². The lowest BCUT2D eigenvalue weighted by molar-refractivity contribution is 0.107. The third-order valence-corrected chi connectivity index (χ3v) is 4.13. The molecule has 0 heterocycles. The molecule has 0 aliphatic rings. The van der Waals surface area contributed by atoms with Gasteiger partial charge in [-0.15, -0.1) is 0 Å². The lowest BCUT2D eigenvalue weighted by atomic mass is 10.2. The Balaban J connectivity index is 1.57. The number of unbranched alkanes of at least 4 members (excludes halogenated alkanes) is 3. The Morgan fingerprint density at radius 3 is 1.50 bits per heavy atom. The number of ether oxygens (including phenoxy) is 2. The van der Waals surface area contributed by atoms with E-state index < -0.39 is 10.5 Å². The highest BCUT2D eigenvalue weighted by atomic mass is 35.5. The molecule has 6 heteroatoms. The van der Waals surface area contributed by atoms with Crippen LogP contribution in [0.1, 0.15) is 46.4 Å². The van der Waals surface area contributed by atoms with Gasteiger partial charge in [-0.1, -0.05) is 12.1 Å². The van der Waals surface area contributed by atoms with Crippen LogP contribution in [0.2, 0.25) is 0 Å². The second kappa shape index (κ2) is 10.8. The Bertz CT molecular complexity index is 683. The average molecular weight is 395 g/mol. The van der Waals surface area contributed by atoms with Crippen molar-refractivity contribution in [3.05, 3.63) is 59.7 Å². The van der Waals surface area contributed by atoms with Crippen LogP contribution in [0.5, 0.6) is 11.5 Å². The van der Waals surface area contributed by atoms with E-state index in [4.69, 9.17) is 32.7 Å². The predicted octanol–water partition coefficient (Wildman–Crippen LogP) is 5.46. The zero-order valence-electron chi connectivity index (χ0n) is 14.3. The summed E-state index contributed by atoms with van der Waals surface area (Å²) in [6, 6.07) is 13.7. The summed E-state index contributed by atoms with van der Waals surface area (Å²) in [6.07, 6.45) is 3.85. The minimum Gasteiger partial charge on any atom is -0.494 e. The fraction of sp³-hybridized carbons (Fsp3) is 0.300. The largest absolute Gasteiger partial charge is 0.494 e. The van der Waals surface area contributed by atoms with Crippen LogP contribution in [0.25, 0.3) is 0 Å². The van der Waals surface area contributed by atoms with E-state index in [-0.39, 0.29) is 0 Å². The number of rotatable bonds is 11. The van der Waals surface area contributed by atoms with E-state index in [1.54, 1.807) is 48.5 Å². The molecule has 2 rings (SSSR count). The van der Waals surface area contributed by atoms with E-state index >= 15 is 0 Å². The van der Waals surface area contributed by atoms with Gasteiger partial charge in [-0.05, 0) is 85.3 Å². The maximum absolute atomic E-state index is 11.1. The fourth-order valence-electron chi connectivity index (χ4n) is 2.35. The standard InChI is InChI=1S/C20H20Cl2O4/c21-19(23)15-7-5-9-17(13-15)25-11-3-1-2-4-12-26-18-10-6-8-16(14-18)20(22)24/h5-10,13-14H,1-4,11-12H2. The molecule has 0 aliphatic carbocycles. The number of halogens is 2. The predicted molar refractivity (Wildman–Crippen MR) is 103 cm³/mol. The van der Waals surface area contributed by atoms with Gasteiger partial charge < -0.3 is 9.47 Å². The summed E-state index contributed by atoms with van der Waals surface area (Å²) in [5.41, 5.74) is 0.863. The van der Waals surface area contributed by atoms with Crippen molar-refractivity contribution in [2.24, 2.45) is 0 Å². The summed E-state index contributed by atoms with van der Waals surface area (Å²) in [5.74, 6) is 1.29. The number of benzene rings is 2. The second-order valence-electron chi connectivity index (χ2n) is 5.71. The van der Waals surface area contributed by atoms with Gasteiger partial charge in [-0.3, -0.25) is 9.59 Å². The molecule has 0 atom stereocenters. The van der Waals surface area contributed by atoms with E-state index in [9.17, 15) is 9.59 Å². The smallest absolute Gasteiger partial charge is 0.252 e. The molecule has 0 radical (unpaired) electrons. The number of hydrogen-bond donors (Lipinski definition) is 0. The maximum Gasteiger partial charge on any atom is 0.252 e. The van der Waals surface area contributed by atoms with Crippen LogP contribution in [0.3, 0.4) is 0 Å². The van der Waals surface area contributed by atoms with E-state index in [1.807, 2.05) is 0 Å². The topological polar surface area (TPSA) is 52.6 Å². The van der Waals surface area contributed by atoms with Crippen molar-refractivity contribution in [3.63, 3.8) is 0 Å². The zero-order valence-corrected chi connectivity index (χ0v) is 15.8. The van der Waals surface area contributed by atoms with Crippen molar-refractivity contribution in [2.75, 3.05) is 13.2 Å². The van der Waals surface area contributed by atoms with Crippen LogP contribution in [-0.2, 0) is 0 Å². The third kappa shape index (κ3) is 7.06. The monoisotopic (exact) mass is 394 g/mol. The lowest BCUT2D eigenvalue weighted by Gasteiger charge is -2.08. The molecule has 0 spiro atoms. The first-order chi connectivity index (χ1) is 12.6. The lowest BCUT2D eigenvalue weighted by Crippen LogP contribution is -2.01. The first-order valence-corrected chi connectivity index (χ1v) is 9.17. The minimum atomic E-state index is -0.489. The molecule has 0 N–H and O–H groups in total. The molecular weight excluding hydrogens is 375 g/mol. The van der Waals surface area contributed by atoms with Gasteiger partial charge >= 0.3 is 0 Å². The summed E-state index contributed by atoms with van der Waals surface area (Å²) >= 11 is 10.9. The van der Waals surface area contributed by atoms with Crippen LogP contribution in [0.4, 0.5) is 0 Å². The van der Waals surface area contributed by atoms with Gasteiger partial charge in [0.2, 0.25) is 0 Å². The third-order valence-electron chi connectivity index (χ3n) is 3.70. The van der Waals surface area contributed by atoms with E-state index in [0.717, 1.165) is 25.7 Å². The van der Waals surface area contributed by atoms with Gasteiger partial charge in [0.1, 0.15) is 11.5 Å². The van der Waals surface area contributed by atoms with Crippen LogP contribution < -0.4 is 9.47 Å². The van der Waals surface area contributed by atoms with Gasteiger partial charge in [0.25, 0.3) is 10.5 Å². The van der Waals surface area contributed by atoms with E-state index in [0.29, 0.717) is 35.8 Å². The Labute approximate surface area is 163 Å². The van der Waals surface area contributed by atoms with Gasteiger partial charge in [0.05, 0.1) is 13.2 Å². The molecule has 2 aromatic rings. The molecule has 26 heavy (non-hydrogen) atoms. The number of carbonyl (C=O) groups is 2. The molecular formula is C20H20Cl2O4. The zero-order chi connectivity index (χ0) is 18.8. The van der Waals surface area contributed by atoms with Crippen molar-refractivity contribution < 1.29 is 19.1 Å². The van der Waals surface area contributed by atoms with E-state index in [1.165, 1.54) is 0 Å². The quantitative estimate of drug-likeness (QED) is 0.374. The van der Waals surface area contributed by atoms with Crippen molar-refractivity contribution in [3.8, 4) is 11.5 Å². The first-order valence-electron chi connectivity index (χ1n) is 8.41. The molecule has 0 fully saturated rings. The summed E-state index contributed by atoms with van der Waals surface area (Å²) in [4.78, 5) is 22.2. The molecule has 0 saturated heterocycles. The van der Waals surface area contributed by atoms with Gasteiger partial charge in [-0.25, -0.2) is 0 Å². The molecule has 0 aromatic heterocycles. The average Bonchev–Trinajstić information content (AvgIpc) is 2.64. The summed E-state index contributed by atoms with van der Waals surface area (Å²) in [5, 5.41) is -0.979. The molecule has 138 valence electrons. The Kier molecular flexibility index (Phi) is 8.45. The Morgan fingerprint density at radius 1 is 0.692 bits per heavy atom. The van der Waals surface area contributed by atoms with Gasteiger partial charge in [0, 0.05) is 11.1 Å². The summed E-state index contributed by atoms with van der Waals surface area (Å²) in [6.45, 7) is 1.17. The fourth-order valence-corrected chi connectivity index (χ4v) is 2.59. The van der Waals surface area contributed by atoms with Crippen molar-refractivity contribution in [2.45, 2.75) is 25.7 Å². The van der Waals surface area contributed by atoms with Crippen molar-refractivity contribution in [1.29, 1.82) is 0 Å². The normalized spacial score (nSPS) is 10.4. The molecule has 0 amide bonds. The van der Waals surface area contributed by atoms with Gasteiger partial charge in [0.15, 0.2) is 0 Å². The van der Waals surface area contributed by atoms with Crippen molar-refractivity contribution in [1.82, 2.24) is 0 Å². The molecule has 0 bridgehead atoms. The van der Waals surface area contributed by atoms with Gasteiger partial charge in [-0.2, -0.15) is 0 Å². The Morgan fingerprint density at radius 2 is 1.12 bits per heavy atom. The molecule has 2 aromatic carbocycles. The summed E-state index contributed by atoms with van der Waals surface area (Å²) in [7, 11) is 0. The summed E-state index contributed by atoms with van der Waals surface area (Å²) < 4.78 is 11.2. The molecule has 0 unspecified atom stereocenters. The highest BCUT2D eigenvalue weighted by Gasteiger charge is 2.04. The molecule has 0 aliphatic heterocycles. The van der Waals surface area contributed by atoms with Crippen LogP contribution in [-0.4, -0.2) is 23.7 Å².